The molecule has 6 heteroatoms. The van der Waals surface area contributed by atoms with Crippen molar-refractivity contribution in [2.24, 2.45) is 0 Å². The van der Waals surface area contributed by atoms with Gasteiger partial charge < -0.3 is 10.6 Å². The first-order valence-corrected chi connectivity index (χ1v) is 7.09. The van der Waals surface area contributed by atoms with E-state index in [0.29, 0.717) is 11.3 Å². The maximum absolute atomic E-state index is 12.3. The maximum Gasteiger partial charge on any atom is 0.275 e. The molecule has 0 saturated heterocycles. The number of nitrogens with zero attached hydrogens (tertiary/aromatic N) is 2. The second-order valence-corrected chi connectivity index (χ2v) is 4.87. The lowest BCUT2D eigenvalue weighted by atomic mass is 10.1. The largest absolute Gasteiger partial charge is 0.350 e. The summed E-state index contributed by atoms with van der Waals surface area (Å²) < 4.78 is 0. The molecule has 114 valence electrons. The van der Waals surface area contributed by atoms with Crippen LogP contribution in [0, 0.1) is 0 Å². The molecule has 0 saturated carbocycles. The monoisotopic (exact) mass is 298 g/mol. The second kappa shape index (κ2) is 7.31. The summed E-state index contributed by atoms with van der Waals surface area (Å²) in [7, 11) is 0. The molecule has 2 rings (SSSR count). The fourth-order valence-electron chi connectivity index (χ4n) is 1.80. The van der Waals surface area contributed by atoms with Gasteiger partial charge in [-0.3, -0.25) is 14.6 Å². The molecule has 2 amide bonds. The third kappa shape index (κ3) is 3.88. The van der Waals surface area contributed by atoms with Crippen molar-refractivity contribution >= 4 is 17.5 Å². The van der Waals surface area contributed by atoms with Gasteiger partial charge in [0.1, 0.15) is 5.69 Å². The topological polar surface area (TPSA) is 84.0 Å². The first kappa shape index (κ1) is 15.6. The van der Waals surface area contributed by atoms with Crippen molar-refractivity contribution in [1.82, 2.24) is 15.3 Å². The molecule has 0 aliphatic carbocycles. The van der Waals surface area contributed by atoms with Gasteiger partial charge >= 0.3 is 0 Å². The second-order valence-electron chi connectivity index (χ2n) is 4.87. The van der Waals surface area contributed by atoms with Crippen molar-refractivity contribution in [2.45, 2.75) is 26.3 Å². The van der Waals surface area contributed by atoms with E-state index in [0.717, 1.165) is 6.42 Å². The molecule has 0 aliphatic heterocycles. The molecular formula is C16H18N4O2. The van der Waals surface area contributed by atoms with Gasteiger partial charge in [0.25, 0.3) is 11.8 Å². The van der Waals surface area contributed by atoms with Crippen LogP contribution >= 0.6 is 0 Å². The number of carbonyl (C=O) groups excluding carboxylic acids is 2. The number of benzene rings is 1. The zero-order valence-corrected chi connectivity index (χ0v) is 12.5. The van der Waals surface area contributed by atoms with Crippen molar-refractivity contribution in [1.29, 1.82) is 0 Å². The van der Waals surface area contributed by atoms with Gasteiger partial charge in [0.2, 0.25) is 0 Å². The summed E-state index contributed by atoms with van der Waals surface area (Å²) in [5.74, 6) is -0.624. The van der Waals surface area contributed by atoms with Crippen LogP contribution in [0.2, 0.25) is 0 Å². The Balaban J connectivity index is 2.18. The van der Waals surface area contributed by atoms with E-state index in [-0.39, 0.29) is 17.6 Å². The Kier molecular flexibility index (Phi) is 5.19. The molecule has 0 radical (unpaired) electrons. The van der Waals surface area contributed by atoms with E-state index in [4.69, 9.17) is 0 Å². The van der Waals surface area contributed by atoms with Crippen LogP contribution in [0.25, 0.3) is 0 Å². The predicted octanol–water partition coefficient (Wildman–Crippen LogP) is 2.26. The van der Waals surface area contributed by atoms with Crippen LogP contribution in [0.15, 0.2) is 42.9 Å². The molecule has 1 atom stereocenters. The van der Waals surface area contributed by atoms with Crippen LogP contribution in [-0.4, -0.2) is 27.8 Å². The van der Waals surface area contributed by atoms with E-state index in [9.17, 15) is 9.59 Å². The van der Waals surface area contributed by atoms with E-state index in [1.165, 1.54) is 18.6 Å². The van der Waals surface area contributed by atoms with Crippen molar-refractivity contribution in [3.05, 3.63) is 54.1 Å². The molecule has 1 heterocycles. The minimum Gasteiger partial charge on any atom is -0.350 e. The van der Waals surface area contributed by atoms with E-state index in [1.54, 1.807) is 24.3 Å². The summed E-state index contributed by atoms with van der Waals surface area (Å²) in [5.41, 5.74) is 1.05. The van der Waals surface area contributed by atoms with Crippen LogP contribution in [0.1, 0.15) is 41.1 Å². The summed E-state index contributed by atoms with van der Waals surface area (Å²) in [6, 6.07) is 6.93. The molecule has 0 spiro atoms. The fraction of sp³-hybridized carbons (Fsp3) is 0.250. The third-order valence-corrected chi connectivity index (χ3v) is 3.21. The highest BCUT2D eigenvalue weighted by Gasteiger charge is 2.15. The Bertz CT molecular complexity index is 658. The highest BCUT2D eigenvalue weighted by Crippen LogP contribution is 2.16. The van der Waals surface area contributed by atoms with Crippen LogP contribution in [0.5, 0.6) is 0 Å². The fourth-order valence-corrected chi connectivity index (χ4v) is 1.80. The summed E-state index contributed by atoms with van der Waals surface area (Å²) in [4.78, 5) is 32.2. The van der Waals surface area contributed by atoms with E-state index >= 15 is 0 Å². The Morgan fingerprint density at radius 1 is 1.18 bits per heavy atom. The lowest BCUT2D eigenvalue weighted by Gasteiger charge is -2.14. The summed E-state index contributed by atoms with van der Waals surface area (Å²) in [6.07, 6.45) is 5.14. The molecule has 0 bridgehead atoms. The Labute approximate surface area is 129 Å². The number of aromatic nitrogens is 2. The SMILES string of the molecule is CCC(C)NC(=O)c1ccccc1NC(=O)c1cnccn1. The highest BCUT2D eigenvalue weighted by atomic mass is 16.2. The molecule has 2 aromatic rings. The van der Waals surface area contributed by atoms with Crippen LogP contribution < -0.4 is 10.6 Å². The number of hydrogen-bond acceptors (Lipinski definition) is 4. The van der Waals surface area contributed by atoms with Crippen molar-refractivity contribution in [3.63, 3.8) is 0 Å². The van der Waals surface area contributed by atoms with E-state index in [2.05, 4.69) is 20.6 Å². The number of carbonyl (C=O) groups is 2. The van der Waals surface area contributed by atoms with Gasteiger partial charge in [-0.15, -0.1) is 0 Å². The first-order chi connectivity index (χ1) is 10.6. The quantitative estimate of drug-likeness (QED) is 0.886. The normalized spacial score (nSPS) is 11.5. The zero-order valence-electron chi connectivity index (χ0n) is 12.5. The minimum atomic E-state index is -0.406. The summed E-state index contributed by atoms with van der Waals surface area (Å²) in [5, 5.41) is 5.58. The molecule has 0 fully saturated rings. The van der Waals surface area contributed by atoms with Gasteiger partial charge in [-0.1, -0.05) is 19.1 Å². The Morgan fingerprint density at radius 3 is 2.64 bits per heavy atom. The smallest absolute Gasteiger partial charge is 0.275 e. The molecule has 1 aromatic heterocycles. The number of para-hydroxylation sites is 1. The Hall–Kier alpha value is -2.76. The van der Waals surface area contributed by atoms with Crippen molar-refractivity contribution < 1.29 is 9.59 Å². The van der Waals surface area contributed by atoms with Crippen LogP contribution in [-0.2, 0) is 0 Å². The van der Waals surface area contributed by atoms with E-state index in [1.807, 2.05) is 13.8 Å². The van der Waals surface area contributed by atoms with Gasteiger partial charge in [0, 0.05) is 18.4 Å². The minimum absolute atomic E-state index is 0.0660. The number of anilines is 1. The zero-order chi connectivity index (χ0) is 15.9. The molecule has 1 aromatic carbocycles. The van der Waals surface area contributed by atoms with Crippen molar-refractivity contribution in [3.8, 4) is 0 Å². The van der Waals surface area contributed by atoms with Gasteiger partial charge in [0.15, 0.2) is 0 Å². The Morgan fingerprint density at radius 2 is 1.95 bits per heavy atom. The van der Waals surface area contributed by atoms with Crippen LogP contribution in [0.4, 0.5) is 5.69 Å². The standard InChI is InChI=1S/C16H18N4O2/c1-3-11(2)19-15(21)12-6-4-5-7-13(12)20-16(22)14-10-17-8-9-18-14/h4-11H,3H2,1-2H3,(H,19,21)(H,20,22). The highest BCUT2D eigenvalue weighted by molar-refractivity contribution is 6.08. The molecule has 6 nitrogen and oxygen atoms in total. The molecular weight excluding hydrogens is 280 g/mol. The number of rotatable bonds is 5. The average molecular weight is 298 g/mol. The van der Waals surface area contributed by atoms with Crippen molar-refractivity contribution in [2.75, 3.05) is 5.32 Å². The first-order valence-electron chi connectivity index (χ1n) is 7.09. The average Bonchev–Trinajstić information content (AvgIpc) is 2.55. The van der Waals surface area contributed by atoms with Gasteiger partial charge in [-0.05, 0) is 25.5 Å². The number of amides is 2. The summed E-state index contributed by atoms with van der Waals surface area (Å²) >= 11 is 0. The molecule has 1 unspecified atom stereocenters. The van der Waals surface area contributed by atoms with Gasteiger partial charge in [0.05, 0.1) is 17.4 Å². The van der Waals surface area contributed by atoms with Crippen LogP contribution in [0.3, 0.4) is 0 Å². The molecule has 2 N–H and O–H groups in total. The van der Waals surface area contributed by atoms with Gasteiger partial charge in [-0.25, -0.2) is 4.98 Å². The molecule has 0 aliphatic rings. The van der Waals surface area contributed by atoms with E-state index < -0.39 is 5.91 Å². The lowest BCUT2D eigenvalue weighted by molar-refractivity contribution is 0.0940. The molecule has 22 heavy (non-hydrogen) atoms. The maximum atomic E-state index is 12.3. The predicted molar refractivity (Wildman–Crippen MR) is 83.6 cm³/mol. The lowest BCUT2D eigenvalue weighted by Crippen LogP contribution is -2.32. The number of hydrogen-bond donors (Lipinski definition) is 2. The third-order valence-electron chi connectivity index (χ3n) is 3.21. The number of nitrogens with one attached hydrogen (secondary N) is 2. The summed E-state index contributed by atoms with van der Waals surface area (Å²) in [6.45, 7) is 3.92. The van der Waals surface area contributed by atoms with Gasteiger partial charge in [-0.2, -0.15) is 0 Å².